The molecule has 116 valence electrons. The summed E-state index contributed by atoms with van der Waals surface area (Å²) >= 11 is 0. The minimum atomic E-state index is -0.987. The van der Waals surface area contributed by atoms with Crippen LogP contribution in [0.3, 0.4) is 0 Å². The van der Waals surface area contributed by atoms with Crippen molar-refractivity contribution in [2.45, 2.75) is 19.8 Å². The third kappa shape index (κ3) is 2.73. The van der Waals surface area contributed by atoms with Gasteiger partial charge in [-0.3, -0.25) is 4.79 Å². The lowest BCUT2D eigenvalue weighted by Gasteiger charge is -2.30. The first-order chi connectivity index (χ1) is 10.6. The van der Waals surface area contributed by atoms with Gasteiger partial charge in [-0.15, -0.1) is 0 Å². The van der Waals surface area contributed by atoms with Crippen LogP contribution in [0.1, 0.15) is 30.1 Å². The Labute approximate surface area is 126 Å². The monoisotopic (exact) mass is 306 g/mol. The second-order valence-corrected chi connectivity index (χ2v) is 5.70. The van der Waals surface area contributed by atoms with Crippen LogP contribution in [-0.2, 0) is 0 Å². The van der Waals surface area contributed by atoms with E-state index in [-0.39, 0.29) is 17.2 Å². The van der Waals surface area contributed by atoms with Crippen molar-refractivity contribution in [2.75, 3.05) is 13.1 Å². The third-order valence-electron chi connectivity index (χ3n) is 3.93. The van der Waals surface area contributed by atoms with Crippen LogP contribution in [0, 0.1) is 17.6 Å². The average molecular weight is 306 g/mol. The van der Waals surface area contributed by atoms with Crippen LogP contribution in [0.4, 0.5) is 8.78 Å². The molecule has 4 nitrogen and oxygen atoms in total. The predicted molar refractivity (Wildman–Crippen MR) is 76.2 cm³/mol. The van der Waals surface area contributed by atoms with Gasteiger partial charge in [0.15, 0.2) is 17.4 Å². The molecule has 0 saturated carbocycles. The molecule has 2 heterocycles. The molecule has 6 heteroatoms. The highest BCUT2D eigenvalue weighted by Gasteiger charge is 2.26. The molecule has 0 radical (unpaired) electrons. The Morgan fingerprint density at radius 1 is 1.36 bits per heavy atom. The number of piperidine rings is 1. The van der Waals surface area contributed by atoms with E-state index in [4.69, 9.17) is 4.52 Å². The molecule has 1 aromatic heterocycles. The summed E-state index contributed by atoms with van der Waals surface area (Å²) in [5.74, 6) is -1.50. The van der Waals surface area contributed by atoms with Gasteiger partial charge in [0.2, 0.25) is 0 Å². The van der Waals surface area contributed by atoms with Crippen molar-refractivity contribution in [3.05, 3.63) is 41.6 Å². The van der Waals surface area contributed by atoms with Crippen molar-refractivity contribution in [3.8, 4) is 11.3 Å². The number of nitrogens with zero attached hydrogens (tertiary/aromatic N) is 2. The maximum Gasteiger partial charge on any atom is 0.259 e. The number of hydrogen-bond donors (Lipinski definition) is 0. The van der Waals surface area contributed by atoms with E-state index < -0.39 is 11.6 Å². The van der Waals surface area contributed by atoms with Crippen molar-refractivity contribution in [3.63, 3.8) is 0 Å². The van der Waals surface area contributed by atoms with Gasteiger partial charge in [0, 0.05) is 18.7 Å². The van der Waals surface area contributed by atoms with E-state index in [0.29, 0.717) is 24.6 Å². The highest BCUT2D eigenvalue weighted by Crippen LogP contribution is 2.27. The fourth-order valence-electron chi connectivity index (χ4n) is 2.78. The molecule has 0 spiro atoms. The van der Waals surface area contributed by atoms with Gasteiger partial charge in [-0.05, 0) is 37.0 Å². The van der Waals surface area contributed by atoms with Gasteiger partial charge in [0.25, 0.3) is 5.91 Å². The van der Waals surface area contributed by atoms with Crippen LogP contribution >= 0.6 is 0 Å². The maximum absolute atomic E-state index is 13.4. The number of hydrogen-bond acceptors (Lipinski definition) is 3. The summed E-state index contributed by atoms with van der Waals surface area (Å²) in [6.45, 7) is 3.47. The lowest BCUT2D eigenvalue weighted by molar-refractivity contribution is 0.0683. The Balaban J connectivity index is 1.91. The van der Waals surface area contributed by atoms with Crippen molar-refractivity contribution in [1.29, 1.82) is 0 Å². The Morgan fingerprint density at radius 3 is 2.91 bits per heavy atom. The summed E-state index contributed by atoms with van der Waals surface area (Å²) in [4.78, 5) is 14.4. The van der Waals surface area contributed by atoms with Crippen LogP contribution < -0.4 is 0 Å². The Bertz CT molecular complexity index is 699. The Hall–Kier alpha value is -2.24. The van der Waals surface area contributed by atoms with E-state index in [2.05, 4.69) is 12.1 Å². The summed E-state index contributed by atoms with van der Waals surface area (Å²) in [5.41, 5.74) is 0.574. The third-order valence-corrected chi connectivity index (χ3v) is 3.93. The van der Waals surface area contributed by atoms with Gasteiger partial charge in [-0.1, -0.05) is 12.1 Å². The quantitative estimate of drug-likeness (QED) is 0.853. The minimum Gasteiger partial charge on any atom is -0.355 e. The first-order valence-electron chi connectivity index (χ1n) is 7.25. The minimum absolute atomic E-state index is 0.169. The molecule has 2 aromatic rings. The molecule has 0 bridgehead atoms. The van der Waals surface area contributed by atoms with Crippen molar-refractivity contribution in [2.24, 2.45) is 5.92 Å². The molecule has 1 fully saturated rings. The van der Waals surface area contributed by atoms with Gasteiger partial charge in [0.05, 0.1) is 6.20 Å². The Morgan fingerprint density at radius 2 is 2.18 bits per heavy atom. The number of benzene rings is 1. The lowest BCUT2D eigenvalue weighted by Crippen LogP contribution is -2.39. The summed E-state index contributed by atoms with van der Waals surface area (Å²) in [6.07, 6.45) is 3.39. The molecule has 1 aliphatic heterocycles. The molecule has 1 aromatic carbocycles. The first kappa shape index (κ1) is 14.7. The zero-order valence-corrected chi connectivity index (χ0v) is 12.2. The van der Waals surface area contributed by atoms with Crippen LogP contribution in [0.5, 0.6) is 0 Å². The van der Waals surface area contributed by atoms with Gasteiger partial charge < -0.3 is 9.42 Å². The zero-order valence-electron chi connectivity index (χ0n) is 12.2. The van der Waals surface area contributed by atoms with Crippen LogP contribution in [-0.4, -0.2) is 29.1 Å². The second kappa shape index (κ2) is 5.87. The molecule has 1 unspecified atom stereocenters. The molecule has 22 heavy (non-hydrogen) atoms. The van der Waals surface area contributed by atoms with E-state index in [9.17, 15) is 13.6 Å². The van der Waals surface area contributed by atoms with E-state index >= 15 is 0 Å². The van der Waals surface area contributed by atoms with E-state index in [1.807, 2.05) is 0 Å². The topological polar surface area (TPSA) is 46.3 Å². The summed E-state index contributed by atoms with van der Waals surface area (Å²) < 4.78 is 31.5. The normalized spacial score (nSPS) is 18.5. The number of rotatable bonds is 2. The van der Waals surface area contributed by atoms with Gasteiger partial charge >= 0.3 is 0 Å². The number of carbonyl (C=O) groups excluding carboxylic acids is 1. The van der Waals surface area contributed by atoms with Crippen molar-refractivity contribution in [1.82, 2.24) is 10.1 Å². The second-order valence-electron chi connectivity index (χ2n) is 5.70. The lowest BCUT2D eigenvalue weighted by atomic mass is 9.99. The average Bonchev–Trinajstić information content (AvgIpc) is 2.98. The first-order valence-corrected chi connectivity index (χ1v) is 7.25. The predicted octanol–water partition coefficient (Wildman–Crippen LogP) is 3.49. The molecular formula is C16H16F2N2O2. The highest BCUT2D eigenvalue weighted by molar-refractivity contribution is 5.99. The summed E-state index contributed by atoms with van der Waals surface area (Å²) in [7, 11) is 0. The van der Waals surface area contributed by atoms with E-state index in [1.54, 1.807) is 4.90 Å². The van der Waals surface area contributed by atoms with Crippen LogP contribution in [0.25, 0.3) is 11.3 Å². The smallest absolute Gasteiger partial charge is 0.259 e. The molecule has 1 saturated heterocycles. The maximum atomic E-state index is 13.4. The number of carbonyl (C=O) groups is 1. The van der Waals surface area contributed by atoms with Gasteiger partial charge in [-0.25, -0.2) is 8.78 Å². The SMILES string of the molecule is CC1CCCN(C(=O)c2cnoc2-c2ccc(F)c(F)c2)C1. The highest BCUT2D eigenvalue weighted by atomic mass is 19.2. The zero-order chi connectivity index (χ0) is 15.7. The molecule has 3 rings (SSSR count). The van der Waals surface area contributed by atoms with E-state index in [0.717, 1.165) is 25.0 Å². The molecule has 1 amide bonds. The summed E-state index contributed by atoms with van der Waals surface area (Å²) in [6, 6.07) is 3.38. The molecule has 0 N–H and O–H groups in total. The number of likely N-dealkylation sites (tertiary alicyclic amines) is 1. The standard InChI is InChI=1S/C16H16F2N2O2/c1-10-3-2-6-20(9-10)16(21)12-8-19-22-15(12)11-4-5-13(17)14(18)7-11/h4-5,7-8,10H,2-3,6,9H2,1H3. The fraction of sp³-hybridized carbons (Fsp3) is 0.375. The van der Waals surface area contributed by atoms with E-state index in [1.165, 1.54) is 12.3 Å². The van der Waals surface area contributed by atoms with Crippen LogP contribution in [0.2, 0.25) is 0 Å². The van der Waals surface area contributed by atoms with Crippen LogP contribution in [0.15, 0.2) is 28.9 Å². The van der Waals surface area contributed by atoms with Crippen molar-refractivity contribution >= 4 is 5.91 Å². The van der Waals surface area contributed by atoms with Gasteiger partial charge in [-0.2, -0.15) is 0 Å². The molecular weight excluding hydrogens is 290 g/mol. The fourth-order valence-corrected chi connectivity index (χ4v) is 2.78. The molecule has 0 aliphatic carbocycles. The molecule has 1 aliphatic rings. The van der Waals surface area contributed by atoms with Gasteiger partial charge in [0.1, 0.15) is 5.56 Å². The Kier molecular flexibility index (Phi) is 3.92. The van der Waals surface area contributed by atoms with Crippen molar-refractivity contribution < 1.29 is 18.1 Å². The number of aromatic nitrogens is 1. The number of halogens is 2. The summed E-state index contributed by atoms with van der Waals surface area (Å²) in [5, 5.41) is 3.65. The largest absolute Gasteiger partial charge is 0.355 e. The number of amides is 1. The molecule has 1 atom stereocenters.